The normalized spacial score (nSPS) is 19.8. The Morgan fingerprint density at radius 3 is 2.76 bits per heavy atom. The lowest BCUT2D eigenvalue weighted by Gasteiger charge is -2.32. The maximum absolute atomic E-state index is 13.7. The number of ether oxygens (including phenoxy) is 1. The van der Waals surface area contributed by atoms with Crippen molar-refractivity contribution >= 4 is 17.1 Å². The maximum Gasteiger partial charge on any atom is 0.213 e. The van der Waals surface area contributed by atoms with Crippen molar-refractivity contribution in [1.82, 2.24) is 15.3 Å². The van der Waals surface area contributed by atoms with Crippen LogP contribution in [0.25, 0.3) is 17.1 Å². The molecular formula is C26H30F2N4O. The van der Waals surface area contributed by atoms with E-state index in [1.165, 1.54) is 6.07 Å². The fourth-order valence-corrected chi connectivity index (χ4v) is 4.57. The van der Waals surface area contributed by atoms with E-state index < -0.39 is 11.6 Å². The summed E-state index contributed by atoms with van der Waals surface area (Å²) < 4.78 is 32.2. The number of aromatic nitrogens is 2. The number of rotatable bonds is 8. The average Bonchev–Trinajstić information content (AvgIpc) is 2.84. The van der Waals surface area contributed by atoms with Crippen molar-refractivity contribution in [3.63, 3.8) is 0 Å². The summed E-state index contributed by atoms with van der Waals surface area (Å²) in [6.07, 6.45) is 10.2. The number of hydrogen-bond acceptors (Lipinski definition) is 5. The highest BCUT2D eigenvalue weighted by Gasteiger charge is 2.26. The maximum atomic E-state index is 13.7. The fourth-order valence-electron chi connectivity index (χ4n) is 4.57. The first-order valence-corrected chi connectivity index (χ1v) is 11.4. The van der Waals surface area contributed by atoms with Gasteiger partial charge in [-0.1, -0.05) is 12.2 Å². The number of pyridine rings is 2. The van der Waals surface area contributed by atoms with Crippen LogP contribution in [0, 0.1) is 17.6 Å². The molecule has 1 aromatic carbocycles. The standard InChI is InChI=1S/C26H30F2N4O/c1-33-25-11-10-24-26(32-25)19(12-14-31-24)16-23(29)17-4-7-21(8-5-17)30-13-2-3-18-15-20(27)6-9-22(18)28/h2-3,6,9-12,14-15,17,21,23,30H,4-5,7-8,13,16,29H2,1H3/t17-,21-,23-/m0/s1. The summed E-state index contributed by atoms with van der Waals surface area (Å²) in [5, 5.41) is 3.50. The third-order valence-corrected chi connectivity index (χ3v) is 6.46. The van der Waals surface area contributed by atoms with Crippen LogP contribution in [0.2, 0.25) is 0 Å². The summed E-state index contributed by atoms with van der Waals surface area (Å²) in [6, 6.07) is 9.67. The molecule has 3 aromatic rings. The van der Waals surface area contributed by atoms with Gasteiger partial charge in [-0.25, -0.2) is 13.8 Å². The first-order valence-electron chi connectivity index (χ1n) is 11.4. The SMILES string of the molecule is COc1ccc2nccc(C[C@H](N)[C@H]3CC[C@H](NCC=Cc4cc(F)ccc4F)CC3)c2n1. The van der Waals surface area contributed by atoms with E-state index >= 15 is 0 Å². The molecule has 3 N–H and O–H groups in total. The van der Waals surface area contributed by atoms with E-state index in [1.807, 2.05) is 30.5 Å². The van der Waals surface area contributed by atoms with E-state index in [0.717, 1.165) is 60.8 Å². The number of nitrogens with zero attached hydrogens (tertiary/aromatic N) is 2. The van der Waals surface area contributed by atoms with Gasteiger partial charge in [-0.05, 0) is 73.9 Å². The van der Waals surface area contributed by atoms with Crippen LogP contribution in [0.4, 0.5) is 8.78 Å². The predicted molar refractivity (Wildman–Crippen MR) is 127 cm³/mol. The molecule has 4 rings (SSSR count). The molecule has 1 aliphatic carbocycles. The van der Waals surface area contributed by atoms with Crippen molar-refractivity contribution in [3.05, 3.63) is 71.4 Å². The van der Waals surface area contributed by atoms with Gasteiger partial charge in [-0.3, -0.25) is 4.98 Å². The van der Waals surface area contributed by atoms with Crippen molar-refractivity contribution in [3.8, 4) is 5.88 Å². The first kappa shape index (κ1) is 23.3. The molecule has 1 saturated carbocycles. The van der Waals surface area contributed by atoms with Crippen LogP contribution in [0.3, 0.4) is 0 Å². The van der Waals surface area contributed by atoms with Crippen LogP contribution in [0.1, 0.15) is 36.8 Å². The van der Waals surface area contributed by atoms with E-state index in [0.29, 0.717) is 24.4 Å². The van der Waals surface area contributed by atoms with Crippen molar-refractivity contribution < 1.29 is 13.5 Å². The lowest BCUT2D eigenvalue weighted by Crippen LogP contribution is -2.39. The van der Waals surface area contributed by atoms with Gasteiger partial charge in [0.05, 0.1) is 18.1 Å². The second kappa shape index (κ2) is 10.8. The van der Waals surface area contributed by atoms with Crippen molar-refractivity contribution in [1.29, 1.82) is 0 Å². The molecule has 0 amide bonds. The van der Waals surface area contributed by atoms with Gasteiger partial charge >= 0.3 is 0 Å². The highest BCUT2D eigenvalue weighted by molar-refractivity contribution is 5.78. The van der Waals surface area contributed by atoms with E-state index in [4.69, 9.17) is 10.5 Å². The molecule has 1 aliphatic rings. The predicted octanol–water partition coefficient (Wildman–Crippen LogP) is 4.65. The van der Waals surface area contributed by atoms with Crippen molar-refractivity contribution in [2.24, 2.45) is 11.7 Å². The zero-order chi connectivity index (χ0) is 23.2. The lowest BCUT2D eigenvalue weighted by molar-refractivity contribution is 0.261. The van der Waals surface area contributed by atoms with Gasteiger partial charge in [0, 0.05) is 36.5 Å². The number of fused-ring (bicyclic) bond motifs is 1. The molecule has 1 fully saturated rings. The Kier molecular flexibility index (Phi) is 7.62. The van der Waals surface area contributed by atoms with Gasteiger partial charge in [0.2, 0.25) is 5.88 Å². The largest absolute Gasteiger partial charge is 0.481 e. The van der Waals surface area contributed by atoms with Crippen LogP contribution in [-0.4, -0.2) is 35.7 Å². The van der Waals surface area contributed by atoms with E-state index in [-0.39, 0.29) is 11.6 Å². The van der Waals surface area contributed by atoms with Crippen LogP contribution >= 0.6 is 0 Å². The molecule has 1 atom stereocenters. The van der Waals surface area contributed by atoms with E-state index in [9.17, 15) is 8.78 Å². The molecule has 0 aliphatic heterocycles. The Labute approximate surface area is 193 Å². The van der Waals surface area contributed by atoms with Gasteiger partial charge in [0.25, 0.3) is 0 Å². The smallest absolute Gasteiger partial charge is 0.213 e. The summed E-state index contributed by atoms with van der Waals surface area (Å²) in [4.78, 5) is 8.98. The molecule has 2 heterocycles. The molecule has 0 saturated heterocycles. The highest BCUT2D eigenvalue weighted by Crippen LogP contribution is 2.29. The topological polar surface area (TPSA) is 73.1 Å². The molecule has 5 nitrogen and oxygen atoms in total. The van der Waals surface area contributed by atoms with Crippen molar-refractivity contribution in [2.45, 2.75) is 44.2 Å². The third kappa shape index (κ3) is 5.92. The Hall–Kier alpha value is -2.90. The first-order chi connectivity index (χ1) is 16.0. The Morgan fingerprint density at radius 2 is 1.97 bits per heavy atom. The fraction of sp³-hybridized carbons (Fsp3) is 0.385. The highest BCUT2D eigenvalue weighted by atomic mass is 19.1. The number of nitrogens with two attached hydrogens (primary N) is 1. The molecule has 7 heteroatoms. The van der Waals surface area contributed by atoms with Crippen molar-refractivity contribution in [2.75, 3.05) is 13.7 Å². The molecule has 174 valence electrons. The minimum absolute atomic E-state index is 0.0559. The van der Waals surface area contributed by atoms with Crippen LogP contribution in [0.5, 0.6) is 5.88 Å². The second-order valence-corrected chi connectivity index (χ2v) is 8.65. The van der Waals surface area contributed by atoms with Gasteiger partial charge in [-0.2, -0.15) is 0 Å². The molecule has 0 spiro atoms. The van der Waals surface area contributed by atoms with Crippen LogP contribution in [-0.2, 0) is 6.42 Å². The molecule has 2 aromatic heterocycles. The molecular weight excluding hydrogens is 422 g/mol. The zero-order valence-corrected chi connectivity index (χ0v) is 18.8. The van der Waals surface area contributed by atoms with Gasteiger partial charge in [0.1, 0.15) is 11.6 Å². The summed E-state index contributed by atoms with van der Waals surface area (Å²) in [6.45, 7) is 0.619. The van der Waals surface area contributed by atoms with Gasteiger partial charge in [0.15, 0.2) is 0 Å². The van der Waals surface area contributed by atoms with Gasteiger partial charge < -0.3 is 15.8 Å². The number of halogens is 2. The van der Waals surface area contributed by atoms with E-state index in [2.05, 4.69) is 15.3 Å². The summed E-state index contributed by atoms with van der Waals surface area (Å²) in [5.74, 6) is 0.172. The average molecular weight is 453 g/mol. The molecule has 0 bridgehead atoms. The Balaban J connectivity index is 1.27. The number of hydrogen-bond donors (Lipinski definition) is 2. The number of nitrogens with one attached hydrogen (secondary N) is 1. The number of methoxy groups -OCH3 is 1. The Morgan fingerprint density at radius 1 is 1.15 bits per heavy atom. The number of benzene rings is 1. The summed E-state index contributed by atoms with van der Waals surface area (Å²) >= 11 is 0. The van der Waals surface area contributed by atoms with Crippen LogP contribution < -0.4 is 15.8 Å². The summed E-state index contributed by atoms with van der Waals surface area (Å²) in [5.41, 5.74) is 9.69. The quantitative estimate of drug-likeness (QED) is 0.521. The monoisotopic (exact) mass is 452 g/mol. The third-order valence-electron chi connectivity index (χ3n) is 6.46. The van der Waals surface area contributed by atoms with E-state index in [1.54, 1.807) is 13.2 Å². The minimum Gasteiger partial charge on any atom is -0.481 e. The molecule has 0 radical (unpaired) electrons. The Bertz CT molecular complexity index is 1110. The second-order valence-electron chi connectivity index (χ2n) is 8.65. The molecule has 33 heavy (non-hydrogen) atoms. The molecule has 0 unspecified atom stereocenters. The minimum atomic E-state index is -0.437. The lowest BCUT2D eigenvalue weighted by atomic mass is 9.80. The zero-order valence-electron chi connectivity index (χ0n) is 18.8. The summed E-state index contributed by atoms with van der Waals surface area (Å²) in [7, 11) is 1.61. The van der Waals surface area contributed by atoms with Gasteiger partial charge in [-0.15, -0.1) is 0 Å². The van der Waals surface area contributed by atoms with Crippen LogP contribution in [0.15, 0.2) is 48.7 Å².